The molecule has 0 unspecified atom stereocenters. The predicted molar refractivity (Wildman–Crippen MR) is 268 cm³/mol. The molecule has 2 heteroatoms. The van der Waals surface area contributed by atoms with Crippen LogP contribution in [0.1, 0.15) is 22.3 Å². The molecule has 1 aromatic heterocycles. The minimum absolute atomic E-state index is 0.699. The van der Waals surface area contributed by atoms with E-state index >= 15 is 0 Å². The van der Waals surface area contributed by atoms with Gasteiger partial charge in [-0.05, 0) is 114 Å². The molecule has 0 spiro atoms. The zero-order valence-electron chi connectivity index (χ0n) is 35.4. The summed E-state index contributed by atoms with van der Waals surface area (Å²) in [5.41, 5.74) is 17.3. The van der Waals surface area contributed by atoms with Gasteiger partial charge in [0.15, 0.2) is 5.82 Å². The van der Waals surface area contributed by atoms with Crippen LogP contribution >= 0.6 is 0 Å². The topological polar surface area (TPSA) is 25.8 Å². The summed E-state index contributed by atoms with van der Waals surface area (Å²) >= 11 is 0. The van der Waals surface area contributed by atoms with Gasteiger partial charge in [0.05, 0.1) is 11.4 Å². The molecule has 0 N–H and O–H groups in total. The molecule has 0 fully saturated rings. The van der Waals surface area contributed by atoms with Crippen LogP contribution in [0.25, 0.3) is 88.8 Å². The SMILES string of the molecule is c1ccc(Cc2ccccc2-c2cc(-c3ccc(-c4cc(-c5cccc(-c6ccc7ccccc7c6)c5)nc(-c5ccccc5)n4)c4ccccc34)ccc2Cc2ccccc2)cc1. The third kappa shape index (κ3) is 7.90. The Morgan fingerprint density at radius 2 is 0.812 bits per heavy atom. The van der Waals surface area contributed by atoms with Gasteiger partial charge in [0.25, 0.3) is 0 Å². The molecule has 0 atom stereocenters. The first kappa shape index (κ1) is 38.7. The highest BCUT2D eigenvalue weighted by molar-refractivity contribution is 6.05. The number of rotatable bonds is 10. The third-order valence-electron chi connectivity index (χ3n) is 12.4. The fraction of sp³-hybridized carbons (Fsp3) is 0.0323. The second kappa shape index (κ2) is 17.3. The van der Waals surface area contributed by atoms with E-state index in [9.17, 15) is 0 Å². The number of benzene rings is 10. The molecule has 302 valence electrons. The Labute approximate surface area is 374 Å². The molecule has 1 heterocycles. The summed E-state index contributed by atoms with van der Waals surface area (Å²) in [5, 5.41) is 4.79. The van der Waals surface area contributed by atoms with Crippen molar-refractivity contribution in [1.82, 2.24) is 9.97 Å². The summed E-state index contributed by atoms with van der Waals surface area (Å²) in [4.78, 5) is 10.5. The maximum Gasteiger partial charge on any atom is 0.160 e. The minimum Gasteiger partial charge on any atom is -0.228 e. The predicted octanol–water partition coefficient (Wildman–Crippen LogP) is 16.0. The summed E-state index contributed by atoms with van der Waals surface area (Å²) in [6.45, 7) is 0. The highest BCUT2D eigenvalue weighted by atomic mass is 14.9. The fourth-order valence-corrected chi connectivity index (χ4v) is 9.17. The van der Waals surface area contributed by atoms with E-state index in [2.05, 4.69) is 237 Å². The normalized spacial score (nSPS) is 11.2. The van der Waals surface area contributed by atoms with Crippen LogP contribution in [-0.2, 0) is 12.8 Å². The van der Waals surface area contributed by atoms with E-state index in [1.54, 1.807) is 0 Å². The van der Waals surface area contributed by atoms with E-state index in [0.29, 0.717) is 5.82 Å². The lowest BCUT2D eigenvalue weighted by atomic mass is 9.86. The number of hydrogen-bond acceptors (Lipinski definition) is 2. The Hall–Kier alpha value is -8.20. The van der Waals surface area contributed by atoms with Gasteiger partial charge in [-0.15, -0.1) is 0 Å². The Morgan fingerprint density at radius 3 is 1.58 bits per heavy atom. The van der Waals surface area contributed by atoms with Gasteiger partial charge in [-0.25, -0.2) is 9.97 Å². The lowest BCUT2D eigenvalue weighted by Gasteiger charge is -2.18. The summed E-state index contributed by atoms with van der Waals surface area (Å²) in [6, 6.07) is 87.3. The van der Waals surface area contributed by atoms with Gasteiger partial charge in [-0.2, -0.15) is 0 Å². The third-order valence-corrected chi connectivity index (χ3v) is 12.4. The molecular formula is C62H44N2. The first-order chi connectivity index (χ1) is 31.7. The lowest BCUT2D eigenvalue weighted by molar-refractivity contribution is 1.17. The maximum atomic E-state index is 5.30. The van der Waals surface area contributed by atoms with Crippen molar-refractivity contribution in [3.8, 4) is 67.3 Å². The molecule has 11 rings (SSSR count). The van der Waals surface area contributed by atoms with Gasteiger partial charge in [0.1, 0.15) is 0 Å². The van der Waals surface area contributed by atoms with Crippen molar-refractivity contribution in [1.29, 1.82) is 0 Å². The van der Waals surface area contributed by atoms with Crippen LogP contribution < -0.4 is 0 Å². The molecule has 64 heavy (non-hydrogen) atoms. The zero-order chi connectivity index (χ0) is 42.7. The fourth-order valence-electron chi connectivity index (χ4n) is 9.17. The number of fused-ring (bicyclic) bond motifs is 2. The molecular weight excluding hydrogens is 773 g/mol. The second-order valence-corrected chi connectivity index (χ2v) is 16.5. The average molecular weight is 817 g/mol. The molecule has 0 aliphatic carbocycles. The van der Waals surface area contributed by atoms with Gasteiger partial charge < -0.3 is 0 Å². The Morgan fingerprint density at radius 1 is 0.266 bits per heavy atom. The van der Waals surface area contributed by atoms with Crippen molar-refractivity contribution in [2.24, 2.45) is 0 Å². The standard InChI is InChI=1S/C62H44N2/c1-4-17-43(18-5-1)37-50-25-12-13-28-54(50)59-41-52(34-33-51(59)38-44-19-6-2-7-20-44)55-35-36-58(57-30-15-14-29-56(55)57)61-42-60(63-62(64-61)46-22-8-3-9-23-46)53-27-16-26-48(40-53)49-32-31-45-21-10-11-24-47(45)39-49/h1-36,39-42H,37-38H2. The molecule has 0 radical (unpaired) electrons. The van der Waals surface area contributed by atoms with E-state index in [1.807, 2.05) is 6.07 Å². The second-order valence-electron chi connectivity index (χ2n) is 16.5. The van der Waals surface area contributed by atoms with Crippen LogP contribution in [0.3, 0.4) is 0 Å². The van der Waals surface area contributed by atoms with Gasteiger partial charge in [-0.1, -0.05) is 218 Å². The van der Waals surface area contributed by atoms with E-state index in [4.69, 9.17) is 9.97 Å². The van der Waals surface area contributed by atoms with Crippen molar-refractivity contribution in [2.45, 2.75) is 12.8 Å². The van der Waals surface area contributed by atoms with Crippen LogP contribution in [0.2, 0.25) is 0 Å². The molecule has 11 aromatic rings. The van der Waals surface area contributed by atoms with Crippen LogP contribution in [0.15, 0.2) is 243 Å². The number of hydrogen-bond donors (Lipinski definition) is 0. The van der Waals surface area contributed by atoms with Crippen LogP contribution in [0.5, 0.6) is 0 Å². The molecule has 2 nitrogen and oxygen atoms in total. The molecule has 0 saturated heterocycles. The molecule has 0 saturated carbocycles. The van der Waals surface area contributed by atoms with E-state index in [-0.39, 0.29) is 0 Å². The smallest absolute Gasteiger partial charge is 0.160 e. The minimum atomic E-state index is 0.699. The summed E-state index contributed by atoms with van der Waals surface area (Å²) in [6.07, 6.45) is 1.71. The van der Waals surface area contributed by atoms with Gasteiger partial charge in [0, 0.05) is 16.7 Å². The highest BCUT2D eigenvalue weighted by Crippen LogP contribution is 2.40. The van der Waals surface area contributed by atoms with Crippen molar-refractivity contribution >= 4 is 21.5 Å². The summed E-state index contributed by atoms with van der Waals surface area (Å²) in [5.74, 6) is 0.699. The molecule has 10 aromatic carbocycles. The van der Waals surface area contributed by atoms with Crippen molar-refractivity contribution in [3.63, 3.8) is 0 Å². The van der Waals surface area contributed by atoms with E-state index < -0.39 is 0 Å². The Kier molecular flexibility index (Phi) is 10.5. The summed E-state index contributed by atoms with van der Waals surface area (Å²) in [7, 11) is 0. The lowest BCUT2D eigenvalue weighted by Crippen LogP contribution is -1.98. The van der Waals surface area contributed by atoms with Gasteiger partial charge in [-0.3, -0.25) is 0 Å². The first-order valence-electron chi connectivity index (χ1n) is 22.1. The molecule has 0 bridgehead atoms. The van der Waals surface area contributed by atoms with Crippen LogP contribution in [0, 0.1) is 0 Å². The van der Waals surface area contributed by atoms with Gasteiger partial charge >= 0.3 is 0 Å². The largest absolute Gasteiger partial charge is 0.228 e. The Bertz CT molecular complexity index is 3430. The van der Waals surface area contributed by atoms with Crippen LogP contribution in [-0.4, -0.2) is 9.97 Å². The molecule has 0 aliphatic heterocycles. The van der Waals surface area contributed by atoms with Crippen molar-refractivity contribution in [3.05, 3.63) is 265 Å². The average Bonchev–Trinajstić information content (AvgIpc) is 3.37. The number of aromatic nitrogens is 2. The quantitative estimate of drug-likeness (QED) is 0.137. The van der Waals surface area contributed by atoms with Crippen LogP contribution in [0.4, 0.5) is 0 Å². The van der Waals surface area contributed by atoms with Gasteiger partial charge in [0.2, 0.25) is 0 Å². The van der Waals surface area contributed by atoms with Crippen molar-refractivity contribution < 1.29 is 0 Å². The summed E-state index contributed by atoms with van der Waals surface area (Å²) < 4.78 is 0. The monoisotopic (exact) mass is 816 g/mol. The highest BCUT2D eigenvalue weighted by Gasteiger charge is 2.18. The maximum absolute atomic E-state index is 5.30. The van der Waals surface area contributed by atoms with E-state index in [1.165, 1.54) is 66.2 Å². The molecule has 0 aliphatic rings. The van der Waals surface area contributed by atoms with Crippen molar-refractivity contribution in [2.75, 3.05) is 0 Å². The number of nitrogens with zero attached hydrogens (tertiary/aromatic N) is 2. The first-order valence-corrected chi connectivity index (χ1v) is 22.1. The molecule has 0 amide bonds. The Balaban J connectivity index is 1.04. The zero-order valence-corrected chi connectivity index (χ0v) is 35.4. The van der Waals surface area contributed by atoms with E-state index in [0.717, 1.165) is 51.9 Å².